The van der Waals surface area contributed by atoms with Crippen LogP contribution in [0.15, 0.2) is 29.3 Å². The molecule has 2 rings (SSSR count). The van der Waals surface area contributed by atoms with Gasteiger partial charge in [-0.25, -0.2) is 8.42 Å². The van der Waals surface area contributed by atoms with Crippen molar-refractivity contribution < 1.29 is 21.6 Å². The van der Waals surface area contributed by atoms with Crippen LogP contribution < -0.4 is 10.6 Å². The minimum Gasteiger partial charge on any atom is -0.353 e. The van der Waals surface area contributed by atoms with E-state index in [9.17, 15) is 21.6 Å². The van der Waals surface area contributed by atoms with E-state index in [-0.39, 0.29) is 48.1 Å². The van der Waals surface area contributed by atoms with Crippen LogP contribution >= 0.6 is 24.0 Å². The van der Waals surface area contributed by atoms with Crippen molar-refractivity contribution >= 4 is 39.8 Å². The summed E-state index contributed by atoms with van der Waals surface area (Å²) in [5, 5.41) is 5.87. The molecule has 1 saturated heterocycles. The molecule has 0 amide bonds. The maximum absolute atomic E-state index is 12.7. The Balaban J connectivity index is 0.00000288. The highest BCUT2D eigenvalue weighted by Crippen LogP contribution is 2.29. The van der Waals surface area contributed by atoms with Gasteiger partial charge in [0.1, 0.15) is 0 Å². The molecular formula is C14H19F3IN3O2S. The minimum absolute atomic E-state index is 0. The predicted octanol–water partition coefficient (Wildman–Crippen LogP) is 2.18. The SMILES string of the molecule is CN=C(NCc1cccc(C(F)(F)F)c1)NC1CCS(=O)(=O)C1.I. The van der Waals surface area contributed by atoms with Crippen molar-refractivity contribution in [2.24, 2.45) is 4.99 Å². The number of aliphatic imine (C=N–C) groups is 1. The fourth-order valence-corrected chi connectivity index (χ4v) is 4.01. The van der Waals surface area contributed by atoms with Crippen molar-refractivity contribution in [2.45, 2.75) is 25.2 Å². The van der Waals surface area contributed by atoms with E-state index in [0.29, 0.717) is 17.9 Å². The summed E-state index contributed by atoms with van der Waals surface area (Å²) >= 11 is 0. The van der Waals surface area contributed by atoms with E-state index in [0.717, 1.165) is 12.1 Å². The quantitative estimate of drug-likeness (QED) is 0.398. The van der Waals surface area contributed by atoms with Crippen LogP contribution in [0.2, 0.25) is 0 Å². The summed E-state index contributed by atoms with van der Waals surface area (Å²) in [6, 6.07) is 4.78. The Morgan fingerprint density at radius 3 is 2.62 bits per heavy atom. The van der Waals surface area contributed by atoms with Gasteiger partial charge in [0.15, 0.2) is 15.8 Å². The molecule has 1 aromatic rings. The Bertz CT molecular complexity index is 693. The summed E-state index contributed by atoms with van der Waals surface area (Å²) in [5.41, 5.74) is -0.247. The lowest BCUT2D eigenvalue weighted by atomic mass is 10.1. The zero-order valence-corrected chi connectivity index (χ0v) is 16.1. The number of nitrogens with one attached hydrogen (secondary N) is 2. The van der Waals surface area contributed by atoms with Crippen LogP contribution in [0.1, 0.15) is 17.5 Å². The fraction of sp³-hybridized carbons (Fsp3) is 0.500. The van der Waals surface area contributed by atoms with Gasteiger partial charge >= 0.3 is 6.18 Å². The smallest absolute Gasteiger partial charge is 0.353 e. The van der Waals surface area contributed by atoms with Crippen molar-refractivity contribution in [3.05, 3.63) is 35.4 Å². The number of hydrogen-bond acceptors (Lipinski definition) is 3. The first-order valence-electron chi connectivity index (χ1n) is 7.03. The van der Waals surface area contributed by atoms with Crippen molar-refractivity contribution in [1.82, 2.24) is 10.6 Å². The molecule has 1 aromatic carbocycles. The maximum Gasteiger partial charge on any atom is 0.416 e. The van der Waals surface area contributed by atoms with Crippen LogP contribution in [0.4, 0.5) is 13.2 Å². The third-order valence-corrected chi connectivity index (χ3v) is 5.28. The summed E-state index contributed by atoms with van der Waals surface area (Å²) in [4.78, 5) is 3.96. The molecule has 5 nitrogen and oxygen atoms in total. The number of alkyl halides is 3. The van der Waals surface area contributed by atoms with Gasteiger partial charge in [-0.1, -0.05) is 12.1 Å². The Labute approximate surface area is 156 Å². The minimum atomic E-state index is -4.38. The Hall–Kier alpha value is -1.04. The molecule has 1 aliphatic rings. The van der Waals surface area contributed by atoms with Gasteiger partial charge in [0.05, 0.1) is 17.1 Å². The number of rotatable bonds is 3. The van der Waals surface area contributed by atoms with Crippen molar-refractivity contribution in [2.75, 3.05) is 18.6 Å². The van der Waals surface area contributed by atoms with E-state index >= 15 is 0 Å². The second-order valence-electron chi connectivity index (χ2n) is 5.37. The van der Waals surface area contributed by atoms with Gasteiger partial charge in [-0.3, -0.25) is 4.99 Å². The summed E-state index contributed by atoms with van der Waals surface area (Å²) < 4.78 is 60.8. The first kappa shape index (κ1) is 21.0. The van der Waals surface area contributed by atoms with Gasteiger partial charge < -0.3 is 10.6 Å². The maximum atomic E-state index is 12.7. The number of benzene rings is 1. The van der Waals surface area contributed by atoms with E-state index in [1.165, 1.54) is 13.1 Å². The van der Waals surface area contributed by atoms with Gasteiger partial charge in [0.25, 0.3) is 0 Å². The van der Waals surface area contributed by atoms with Crippen LogP contribution in [0, 0.1) is 0 Å². The summed E-state index contributed by atoms with van der Waals surface area (Å²) in [5.74, 6) is 0.538. The molecule has 0 saturated carbocycles. The van der Waals surface area contributed by atoms with Gasteiger partial charge in [0, 0.05) is 19.6 Å². The van der Waals surface area contributed by atoms with Gasteiger partial charge in [-0.05, 0) is 24.1 Å². The molecule has 1 atom stereocenters. The van der Waals surface area contributed by atoms with Gasteiger partial charge in [-0.15, -0.1) is 24.0 Å². The number of sulfone groups is 1. The molecule has 1 heterocycles. The van der Waals surface area contributed by atoms with E-state index in [4.69, 9.17) is 0 Å². The van der Waals surface area contributed by atoms with Crippen LogP contribution in [0.3, 0.4) is 0 Å². The van der Waals surface area contributed by atoms with Gasteiger partial charge in [0.2, 0.25) is 0 Å². The normalized spacial score (nSPS) is 20.3. The molecule has 24 heavy (non-hydrogen) atoms. The van der Waals surface area contributed by atoms with E-state index in [1.54, 1.807) is 6.07 Å². The zero-order valence-electron chi connectivity index (χ0n) is 12.9. The van der Waals surface area contributed by atoms with E-state index in [1.807, 2.05) is 0 Å². The van der Waals surface area contributed by atoms with Crippen LogP contribution in [0.5, 0.6) is 0 Å². The molecule has 10 heteroatoms. The molecule has 0 aromatic heterocycles. The van der Waals surface area contributed by atoms with Gasteiger partial charge in [-0.2, -0.15) is 13.2 Å². The first-order chi connectivity index (χ1) is 10.7. The molecule has 1 fully saturated rings. The molecule has 136 valence electrons. The molecule has 2 N–H and O–H groups in total. The second-order valence-corrected chi connectivity index (χ2v) is 7.60. The van der Waals surface area contributed by atoms with Crippen molar-refractivity contribution in [3.8, 4) is 0 Å². The highest BCUT2D eigenvalue weighted by Gasteiger charge is 2.30. The molecule has 0 aliphatic carbocycles. The monoisotopic (exact) mass is 477 g/mol. The Morgan fingerprint density at radius 2 is 2.08 bits per heavy atom. The summed E-state index contributed by atoms with van der Waals surface area (Å²) in [6.45, 7) is 0.156. The molecule has 1 unspecified atom stereocenters. The highest BCUT2D eigenvalue weighted by molar-refractivity contribution is 14.0. The largest absolute Gasteiger partial charge is 0.416 e. The summed E-state index contributed by atoms with van der Waals surface area (Å²) in [6.07, 6.45) is -3.89. The lowest BCUT2D eigenvalue weighted by Crippen LogP contribution is -2.43. The number of hydrogen-bond donors (Lipinski definition) is 2. The van der Waals surface area contributed by atoms with E-state index in [2.05, 4.69) is 15.6 Å². The van der Waals surface area contributed by atoms with Crippen LogP contribution in [0.25, 0.3) is 0 Å². The average Bonchev–Trinajstić information content (AvgIpc) is 2.82. The first-order valence-corrected chi connectivity index (χ1v) is 8.85. The average molecular weight is 477 g/mol. The zero-order chi connectivity index (χ0) is 17.1. The third kappa shape index (κ3) is 6.11. The lowest BCUT2D eigenvalue weighted by Gasteiger charge is -2.16. The topological polar surface area (TPSA) is 70.6 Å². The number of halogens is 4. The second kappa shape index (κ2) is 8.37. The highest BCUT2D eigenvalue weighted by atomic mass is 127. The molecule has 1 aliphatic heterocycles. The predicted molar refractivity (Wildman–Crippen MR) is 97.3 cm³/mol. The molecule has 0 spiro atoms. The Morgan fingerprint density at radius 1 is 1.38 bits per heavy atom. The number of guanidine groups is 1. The van der Waals surface area contributed by atoms with Crippen LogP contribution in [-0.2, 0) is 22.6 Å². The molecular weight excluding hydrogens is 458 g/mol. The Kier molecular flexibility index (Phi) is 7.32. The van der Waals surface area contributed by atoms with Crippen LogP contribution in [-0.4, -0.2) is 39.0 Å². The molecule has 0 bridgehead atoms. The molecule has 0 radical (unpaired) electrons. The van der Waals surface area contributed by atoms with Crippen molar-refractivity contribution in [1.29, 1.82) is 0 Å². The van der Waals surface area contributed by atoms with E-state index < -0.39 is 21.6 Å². The summed E-state index contributed by atoms with van der Waals surface area (Å²) in [7, 11) is -1.49. The number of nitrogens with zero attached hydrogens (tertiary/aromatic N) is 1. The third-order valence-electron chi connectivity index (χ3n) is 3.51. The fourth-order valence-electron chi connectivity index (χ4n) is 2.34. The standard InChI is InChI=1S/C14H18F3N3O2S.HI/c1-18-13(20-12-5-6-23(21,22)9-12)19-8-10-3-2-4-11(7-10)14(15,16)17;/h2-4,7,12H,5-6,8-9H2,1H3,(H2,18,19,20);1H. The lowest BCUT2D eigenvalue weighted by molar-refractivity contribution is -0.137. The van der Waals surface area contributed by atoms with Crippen molar-refractivity contribution in [3.63, 3.8) is 0 Å².